The lowest BCUT2D eigenvalue weighted by atomic mass is 10.2. The Labute approximate surface area is 194 Å². The number of thiazole rings is 1. The van der Waals surface area contributed by atoms with Gasteiger partial charge in [-0.15, -0.1) is 11.3 Å². The fraction of sp³-hybridized carbons (Fsp3) is 0.227. The number of hydrogen-bond donors (Lipinski definition) is 2. The minimum Gasteiger partial charge on any atom is -0.485 e. The quantitative estimate of drug-likeness (QED) is 0.426. The molecule has 1 fully saturated rings. The van der Waals surface area contributed by atoms with Crippen LogP contribution in [0.5, 0.6) is 5.75 Å². The third-order valence-corrected chi connectivity index (χ3v) is 6.18. The van der Waals surface area contributed by atoms with Crippen LogP contribution in [0.25, 0.3) is 10.9 Å². The molecule has 0 aliphatic carbocycles. The molecule has 1 aliphatic rings. The Morgan fingerprint density at radius 3 is 2.97 bits per heavy atom. The molecule has 10 heteroatoms. The molecule has 1 saturated heterocycles. The van der Waals surface area contributed by atoms with Crippen molar-refractivity contribution in [2.75, 3.05) is 22.5 Å². The molecule has 1 aliphatic heterocycles. The zero-order chi connectivity index (χ0) is 22.1. The number of rotatable bonds is 6. The number of nitrogen functional groups attached to an aromatic ring is 1. The Morgan fingerprint density at radius 1 is 1.25 bits per heavy atom. The summed E-state index contributed by atoms with van der Waals surface area (Å²) in [5.41, 5.74) is 8.59. The summed E-state index contributed by atoms with van der Waals surface area (Å²) in [6.07, 6.45) is 2.89. The van der Waals surface area contributed by atoms with Crippen LogP contribution in [0.2, 0.25) is 5.02 Å². The van der Waals surface area contributed by atoms with Gasteiger partial charge in [0, 0.05) is 34.9 Å². The van der Waals surface area contributed by atoms with Gasteiger partial charge in [-0.3, -0.25) is 0 Å². The van der Waals surface area contributed by atoms with Crippen molar-refractivity contribution in [2.24, 2.45) is 0 Å². The molecule has 8 nitrogen and oxygen atoms in total. The summed E-state index contributed by atoms with van der Waals surface area (Å²) >= 11 is 8.06. The number of aromatic nitrogens is 3. The smallest absolute Gasteiger partial charge is 0.208 e. The van der Waals surface area contributed by atoms with Crippen molar-refractivity contribution in [3.63, 3.8) is 0 Å². The van der Waals surface area contributed by atoms with E-state index in [1.54, 1.807) is 17.5 Å². The third-order valence-electron chi connectivity index (χ3n) is 5.14. The predicted octanol–water partition coefficient (Wildman–Crippen LogP) is 4.52. The van der Waals surface area contributed by atoms with E-state index in [1.165, 1.54) is 6.33 Å². The fourth-order valence-electron chi connectivity index (χ4n) is 3.62. The molecular weight excluding hydrogens is 448 g/mol. The van der Waals surface area contributed by atoms with Crippen molar-refractivity contribution >= 4 is 51.0 Å². The van der Waals surface area contributed by atoms with Crippen LogP contribution in [-0.2, 0) is 11.3 Å². The van der Waals surface area contributed by atoms with Gasteiger partial charge >= 0.3 is 0 Å². The van der Waals surface area contributed by atoms with Crippen LogP contribution in [0.4, 0.5) is 17.2 Å². The van der Waals surface area contributed by atoms with Crippen LogP contribution in [0.15, 0.2) is 54.3 Å². The van der Waals surface area contributed by atoms with Gasteiger partial charge in [0.25, 0.3) is 0 Å². The maximum atomic E-state index is 6.52. The number of fused-ring (bicyclic) bond motifs is 1. The van der Waals surface area contributed by atoms with Gasteiger partial charge in [-0.25, -0.2) is 15.0 Å². The molecule has 0 bridgehead atoms. The Bertz CT molecular complexity index is 1240. The monoisotopic (exact) mass is 468 g/mol. The molecule has 3 N–H and O–H groups in total. The average Bonchev–Trinajstić information content (AvgIpc) is 3.43. The maximum absolute atomic E-state index is 6.52. The Morgan fingerprint density at radius 2 is 2.16 bits per heavy atom. The van der Waals surface area contributed by atoms with E-state index in [4.69, 9.17) is 26.8 Å². The lowest BCUT2D eigenvalue weighted by Gasteiger charge is -2.27. The maximum Gasteiger partial charge on any atom is 0.208 e. The van der Waals surface area contributed by atoms with E-state index >= 15 is 0 Å². The highest BCUT2D eigenvalue weighted by molar-refractivity contribution is 7.09. The number of hydrogen-bond acceptors (Lipinski definition) is 9. The van der Waals surface area contributed by atoms with E-state index in [2.05, 4.69) is 25.2 Å². The zero-order valence-corrected chi connectivity index (χ0v) is 18.8. The van der Waals surface area contributed by atoms with Crippen LogP contribution in [0, 0.1) is 0 Å². The molecule has 4 aromatic rings. The lowest BCUT2D eigenvalue weighted by molar-refractivity contribution is 0.0759. The van der Waals surface area contributed by atoms with Crippen LogP contribution in [-0.4, -0.2) is 34.0 Å². The number of benzene rings is 2. The van der Waals surface area contributed by atoms with Crippen LogP contribution in [0.3, 0.4) is 0 Å². The van der Waals surface area contributed by atoms with Gasteiger partial charge in [0.1, 0.15) is 29.5 Å². The molecule has 32 heavy (non-hydrogen) atoms. The topological polar surface area (TPSA) is 98.4 Å². The minimum atomic E-state index is -0.369. The number of nitrogens with two attached hydrogens (primary N) is 1. The molecule has 0 saturated carbocycles. The summed E-state index contributed by atoms with van der Waals surface area (Å²) in [7, 11) is 0. The van der Waals surface area contributed by atoms with Crippen molar-refractivity contribution in [2.45, 2.75) is 26.0 Å². The first kappa shape index (κ1) is 20.7. The number of nitrogens with zero attached hydrogens (tertiary/aromatic N) is 4. The van der Waals surface area contributed by atoms with E-state index in [0.717, 1.165) is 27.3 Å². The van der Waals surface area contributed by atoms with Crippen molar-refractivity contribution in [3.8, 4) is 5.75 Å². The van der Waals surface area contributed by atoms with E-state index < -0.39 is 0 Å². The van der Waals surface area contributed by atoms with Gasteiger partial charge in [0.2, 0.25) is 6.35 Å². The second-order valence-corrected chi connectivity index (χ2v) is 8.80. The molecule has 3 heterocycles. The highest BCUT2D eigenvalue weighted by atomic mass is 35.5. The Hall–Kier alpha value is -3.14. The molecule has 2 aromatic heterocycles. The summed E-state index contributed by atoms with van der Waals surface area (Å²) in [4.78, 5) is 14.7. The predicted molar refractivity (Wildman–Crippen MR) is 127 cm³/mol. The van der Waals surface area contributed by atoms with E-state index in [1.807, 2.05) is 48.7 Å². The summed E-state index contributed by atoms with van der Waals surface area (Å²) in [6.45, 7) is 3.14. The van der Waals surface area contributed by atoms with Gasteiger partial charge in [0.15, 0.2) is 0 Å². The van der Waals surface area contributed by atoms with Gasteiger partial charge in [-0.2, -0.15) is 0 Å². The molecule has 0 spiro atoms. The van der Waals surface area contributed by atoms with Crippen LogP contribution >= 0.6 is 22.9 Å². The van der Waals surface area contributed by atoms with Crippen molar-refractivity contribution in [1.29, 1.82) is 0 Å². The van der Waals surface area contributed by atoms with Crippen molar-refractivity contribution < 1.29 is 9.47 Å². The highest BCUT2D eigenvalue weighted by Crippen LogP contribution is 2.34. The van der Waals surface area contributed by atoms with Gasteiger partial charge in [-0.05, 0) is 43.3 Å². The molecule has 164 valence electrons. The first-order valence-corrected chi connectivity index (χ1v) is 11.3. The summed E-state index contributed by atoms with van der Waals surface area (Å²) in [5, 5.41) is 7.57. The van der Waals surface area contributed by atoms with Gasteiger partial charge in [0.05, 0.1) is 16.6 Å². The van der Waals surface area contributed by atoms with Crippen molar-refractivity contribution in [3.05, 3.63) is 64.3 Å². The Balaban J connectivity index is 1.34. The summed E-state index contributed by atoms with van der Waals surface area (Å²) in [5.74, 6) is 1.06. The normalized spacial score (nSPS) is 18.2. The van der Waals surface area contributed by atoms with E-state index in [9.17, 15) is 0 Å². The fourth-order valence-corrected chi connectivity index (χ4v) is 4.38. The Kier molecular flexibility index (Phi) is 5.69. The van der Waals surface area contributed by atoms with Crippen molar-refractivity contribution in [1.82, 2.24) is 15.0 Å². The second-order valence-electron chi connectivity index (χ2n) is 7.42. The number of halogens is 1. The molecule has 2 atom stereocenters. The second kappa shape index (κ2) is 8.78. The molecule has 0 amide bonds. The lowest BCUT2D eigenvalue weighted by Crippen LogP contribution is -2.36. The first-order valence-electron chi connectivity index (χ1n) is 10.1. The minimum absolute atomic E-state index is 0.0426. The van der Waals surface area contributed by atoms with Crippen LogP contribution < -0.4 is 20.7 Å². The number of nitrogens with one attached hydrogen (secondary N) is 1. The largest absolute Gasteiger partial charge is 0.485 e. The van der Waals surface area contributed by atoms with Crippen LogP contribution in [0.1, 0.15) is 11.9 Å². The van der Waals surface area contributed by atoms with E-state index in [0.29, 0.717) is 29.7 Å². The first-order chi connectivity index (χ1) is 15.6. The summed E-state index contributed by atoms with van der Waals surface area (Å²) < 4.78 is 11.9. The SMILES string of the molecule is CC1CN(c2ccc(OCc3nccs3)c(Cl)c2)C(Nc2ccc3ncnc(N)c3c2)O1. The summed E-state index contributed by atoms with van der Waals surface area (Å²) in [6, 6.07) is 11.5. The molecular formula is C22H21ClN6O2S. The molecule has 2 unspecified atom stereocenters. The highest BCUT2D eigenvalue weighted by Gasteiger charge is 2.31. The molecule has 5 rings (SSSR count). The zero-order valence-electron chi connectivity index (χ0n) is 17.2. The van der Waals surface area contributed by atoms with Gasteiger partial charge in [-0.1, -0.05) is 11.6 Å². The molecule has 0 radical (unpaired) electrons. The number of ether oxygens (including phenoxy) is 2. The molecule has 2 aromatic carbocycles. The number of anilines is 3. The average molecular weight is 469 g/mol. The van der Waals surface area contributed by atoms with Gasteiger partial charge < -0.3 is 25.4 Å². The third kappa shape index (κ3) is 4.27. The standard InChI is InChI=1S/C22H21ClN6O2S/c1-13-10-29(15-3-5-19(17(23)9-15)30-11-20-25-6-7-32-20)22(31-13)28-14-2-4-18-16(8-14)21(24)27-12-26-18/h2-9,12-13,22,28H,10-11H2,1H3,(H2,24,26,27). The van der Waals surface area contributed by atoms with E-state index in [-0.39, 0.29) is 12.5 Å².